The van der Waals surface area contributed by atoms with Gasteiger partial charge in [0.25, 0.3) is 0 Å². The minimum absolute atomic E-state index is 0.134. The number of rotatable bonds is 8. The highest BCUT2D eigenvalue weighted by Crippen LogP contribution is 2.24. The van der Waals surface area contributed by atoms with Gasteiger partial charge in [0.15, 0.2) is 5.82 Å². The maximum Gasteiger partial charge on any atom is 0.230 e. The molecule has 152 valence electrons. The number of amides is 1. The van der Waals surface area contributed by atoms with Gasteiger partial charge in [-0.1, -0.05) is 38.1 Å². The lowest BCUT2D eigenvalue weighted by Gasteiger charge is -2.12. The Hall–Kier alpha value is -3.15. The Balaban J connectivity index is 1.42. The van der Waals surface area contributed by atoms with E-state index in [-0.39, 0.29) is 17.7 Å². The number of ether oxygens (including phenoxy) is 1. The molecular formula is C23H27N3O3. The van der Waals surface area contributed by atoms with E-state index in [1.807, 2.05) is 57.2 Å². The Bertz CT molecular complexity index is 913. The van der Waals surface area contributed by atoms with Gasteiger partial charge < -0.3 is 14.6 Å². The number of carbonyl (C=O) groups excluding carboxylic acids is 1. The zero-order valence-corrected chi connectivity index (χ0v) is 17.1. The number of hydrogen-bond donors (Lipinski definition) is 1. The molecule has 0 saturated carbocycles. The monoisotopic (exact) mass is 393 g/mol. The summed E-state index contributed by atoms with van der Waals surface area (Å²) in [4.78, 5) is 16.3. The van der Waals surface area contributed by atoms with Crippen molar-refractivity contribution in [2.75, 3.05) is 11.9 Å². The standard InChI is InChI=1S/C23H27N3O3/c1-23(2,3)20-16-21(26-29-20)25-22(27)15-18-6-8-19(9-7-18)28-14-4-5-17-10-12-24-13-11-17/h6-13,16H,4-5,14-15H2,1-3H3,(H,25,26,27). The first-order valence-corrected chi connectivity index (χ1v) is 9.78. The molecule has 0 fully saturated rings. The van der Waals surface area contributed by atoms with Crippen LogP contribution in [0.4, 0.5) is 5.82 Å². The molecule has 3 aromatic rings. The van der Waals surface area contributed by atoms with Gasteiger partial charge >= 0.3 is 0 Å². The van der Waals surface area contributed by atoms with Crippen LogP contribution in [-0.2, 0) is 23.1 Å². The fourth-order valence-electron chi connectivity index (χ4n) is 2.78. The van der Waals surface area contributed by atoms with Gasteiger partial charge in [-0.15, -0.1) is 0 Å². The molecule has 1 N–H and O–H groups in total. The van der Waals surface area contributed by atoms with Crippen LogP contribution in [0.2, 0.25) is 0 Å². The highest BCUT2D eigenvalue weighted by Gasteiger charge is 2.20. The summed E-state index contributed by atoms with van der Waals surface area (Å²) in [7, 11) is 0. The molecule has 0 unspecified atom stereocenters. The summed E-state index contributed by atoms with van der Waals surface area (Å²) in [5.41, 5.74) is 2.02. The first kappa shape index (κ1) is 20.6. The maximum absolute atomic E-state index is 12.2. The Kier molecular flexibility index (Phi) is 6.65. The molecule has 6 heteroatoms. The first-order valence-electron chi connectivity index (χ1n) is 9.78. The third-order valence-corrected chi connectivity index (χ3v) is 4.43. The van der Waals surface area contributed by atoms with Crippen molar-refractivity contribution in [2.45, 2.75) is 45.4 Å². The van der Waals surface area contributed by atoms with E-state index < -0.39 is 0 Å². The van der Waals surface area contributed by atoms with Crippen LogP contribution < -0.4 is 10.1 Å². The number of anilines is 1. The smallest absolute Gasteiger partial charge is 0.230 e. The minimum Gasteiger partial charge on any atom is -0.494 e. The predicted octanol–water partition coefficient (Wildman–Crippen LogP) is 4.56. The minimum atomic E-state index is -0.149. The van der Waals surface area contributed by atoms with Crippen LogP contribution in [0, 0.1) is 0 Å². The Morgan fingerprint density at radius 1 is 1.07 bits per heavy atom. The largest absolute Gasteiger partial charge is 0.494 e. The summed E-state index contributed by atoms with van der Waals surface area (Å²) in [5.74, 6) is 1.84. The molecule has 2 aromatic heterocycles. The number of aryl methyl sites for hydroxylation is 1. The van der Waals surface area contributed by atoms with E-state index in [9.17, 15) is 4.79 Å². The van der Waals surface area contributed by atoms with Gasteiger partial charge in [-0.25, -0.2) is 0 Å². The Morgan fingerprint density at radius 2 is 1.79 bits per heavy atom. The van der Waals surface area contributed by atoms with Crippen LogP contribution in [0.5, 0.6) is 5.75 Å². The molecule has 1 aromatic carbocycles. The van der Waals surface area contributed by atoms with Crippen molar-refractivity contribution >= 4 is 11.7 Å². The van der Waals surface area contributed by atoms with Crippen molar-refractivity contribution in [1.29, 1.82) is 0 Å². The van der Waals surface area contributed by atoms with Crippen molar-refractivity contribution in [3.63, 3.8) is 0 Å². The van der Waals surface area contributed by atoms with Crippen LogP contribution in [0.1, 0.15) is 44.1 Å². The normalized spacial score (nSPS) is 11.3. The second-order valence-corrected chi connectivity index (χ2v) is 8.00. The predicted molar refractivity (Wildman–Crippen MR) is 112 cm³/mol. The molecule has 3 rings (SSSR count). The van der Waals surface area contributed by atoms with Crippen molar-refractivity contribution in [2.24, 2.45) is 0 Å². The van der Waals surface area contributed by atoms with Gasteiger partial charge in [0.1, 0.15) is 11.5 Å². The van der Waals surface area contributed by atoms with E-state index in [0.717, 1.165) is 29.9 Å². The molecule has 0 aliphatic heterocycles. The van der Waals surface area contributed by atoms with Gasteiger partial charge in [-0.3, -0.25) is 9.78 Å². The number of pyridine rings is 1. The molecular weight excluding hydrogens is 366 g/mol. The summed E-state index contributed by atoms with van der Waals surface area (Å²) in [6.07, 6.45) is 5.76. The molecule has 2 heterocycles. The zero-order valence-electron chi connectivity index (χ0n) is 17.1. The van der Waals surface area contributed by atoms with E-state index in [1.54, 1.807) is 18.5 Å². The Labute approximate surface area is 171 Å². The number of carbonyl (C=O) groups is 1. The van der Waals surface area contributed by atoms with Crippen LogP contribution in [0.3, 0.4) is 0 Å². The number of hydrogen-bond acceptors (Lipinski definition) is 5. The molecule has 0 atom stereocenters. The van der Waals surface area contributed by atoms with Gasteiger partial charge in [-0.2, -0.15) is 0 Å². The van der Waals surface area contributed by atoms with Crippen LogP contribution >= 0.6 is 0 Å². The summed E-state index contributed by atoms with van der Waals surface area (Å²) in [5, 5.41) is 6.69. The topological polar surface area (TPSA) is 77.2 Å². The third-order valence-electron chi connectivity index (χ3n) is 4.43. The second kappa shape index (κ2) is 9.37. The number of benzene rings is 1. The third kappa shape index (κ3) is 6.45. The fourth-order valence-corrected chi connectivity index (χ4v) is 2.78. The van der Waals surface area contributed by atoms with Gasteiger partial charge in [0.2, 0.25) is 5.91 Å². The zero-order chi connectivity index (χ0) is 20.7. The van der Waals surface area contributed by atoms with Crippen LogP contribution in [0.25, 0.3) is 0 Å². The van der Waals surface area contributed by atoms with E-state index >= 15 is 0 Å². The van der Waals surface area contributed by atoms with Crippen LogP contribution in [-0.4, -0.2) is 22.7 Å². The molecule has 1 amide bonds. The molecule has 0 aliphatic rings. The molecule has 29 heavy (non-hydrogen) atoms. The van der Waals surface area contributed by atoms with E-state index in [4.69, 9.17) is 9.26 Å². The summed E-state index contributed by atoms with van der Waals surface area (Å²) in [6.45, 7) is 6.73. The molecule has 0 bridgehead atoms. The van der Waals surface area contributed by atoms with E-state index in [2.05, 4.69) is 15.5 Å². The SMILES string of the molecule is CC(C)(C)c1cc(NC(=O)Cc2ccc(OCCCc3ccncc3)cc2)no1. The van der Waals surface area contributed by atoms with Gasteiger partial charge in [-0.05, 0) is 48.2 Å². The molecule has 0 aliphatic carbocycles. The maximum atomic E-state index is 12.2. The van der Waals surface area contributed by atoms with Crippen LogP contribution in [0.15, 0.2) is 59.4 Å². The average Bonchev–Trinajstić information content (AvgIpc) is 3.16. The number of nitrogens with one attached hydrogen (secondary N) is 1. The second-order valence-electron chi connectivity index (χ2n) is 8.00. The van der Waals surface area contributed by atoms with E-state index in [0.29, 0.717) is 12.4 Å². The highest BCUT2D eigenvalue weighted by atomic mass is 16.5. The van der Waals surface area contributed by atoms with Crippen molar-refractivity contribution in [3.05, 3.63) is 71.7 Å². The fraction of sp³-hybridized carbons (Fsp3) is 0.348. The summed E-state index contributed by atoms with van der Waals surface area (Å²) < 4.78 is 11.1. The molecule has 0 spiro atoms. The van der Waals surface area contributed by atoms with Crippen molar-refractivity contribution in [3.8, 4) is 5.75 Å². The van der Waals surface area contributed by atoms with Crippen molar-refractivity contribution in [1.82, 2.24) is 10.1 Å². The van der Waals surface area contributed by atoms with Crippen molar-refractivity contribution < 1.29 is 14.1 Å². The molecule has 0 saturated heterocycles. The van der Waals surface area contributed by atoms with Gasteiger partial charge in [0.05, 0.1) is 13.0 Å². The summed E-state index contributed by atoms with van der Waals surface area (Å²) in [6, 6.07) is 13.4. The lowest BCUT2D eigenvalue weighted by molar-refractivity contribution is -0.115. The first-order chi connectivity index (χ1) is 13.9. The number of aromatic nitrogens is 2. The molecule has 0 radical (unpaired) electrons. The summed E-state index contributed by atoms with van der Waals surface area (Å²) >= 11 is 0. The lowest BCUT2D eigenvalue weighted by atomic mass is 9.93. The lowest BCUT2D eigenvalue weighted by Crippen LogP contribution is -2.14. The number of nitrogens with zero attached hydrogens (tertiary/aromatic N) is 2. The van der Waals surface area contributed by atoms with Gasteiger partial charge in [0, 0.05) is 23.9 Å². The average molecular weight is 393 g/mol. The molecule has 6 nitrogen and oxygen atoms in total. The van der Waals surface area contributed by atoms with E-state index in [1.165, 1.54) is 5.56 Å². The quantitative estimate of drug-likeness (QED) is 0.568. The highest BCUT2D eigenvalue weighted by molar-refractivity contribution is 5.91. The Morgan fingerprint density at radius 3 is 2.45 bits per heavy atom.